The maximum Gasteiger partial charge on any atom is 0.338 e. The van der Waals surface area contributed by atoms with Crippen molar-refractivity contribution in [1.29, 1.82) is 0 Å². The molecule has 6 rings (SSSR count). The number of aromatic amines is 1. The second-order valence-corrected chi connectivity index (χ2v) is 12.5. The van der Waals surface area contributed by atoms with Crippen LogP contribution in [-0.2, 0) is 9.53 Å². The molecule has 1 aliphatic heterocycles. The van der Waals surface area contributed by atoms with Crippen molar-refractivity contribution in [2.75, 3.05) is 14.2 Å². The third-order valence-electron chi connectivity index (χ3n) is 7.45. The van der Waals surface area contributed by atoms with Gasteiger partial charge >= 0.3 is 5.97 Å². The number of carbonyl (C=O) groups excluding carboxylic acids is 1. The van der Waals surface area contributed by atoms with Gasteiger partial charge in [-0.1, -0.05) is 57.6 Å². The largest absolute Gasteiger partial charge is 0.497 e. The molecule has 0 fully saturated rings. The molecule has 0 saturated carbocycles. The van der Waals surface area contributed by atoms with Gasteiger partial charge in [-0.3, -0.25) is 9.36 Å². The third kappa shape index (κ3) is 5.28. The number of nitrogens with one attached hydrogen (secondary N) is 1. The SMILES string of the molecule is COc1ccc2[nH]c(-c3ccccc3)c(/C=c3\sc4n(c3=O)[C@@H](c3cc(Br)ccc3OC)C(C(=O)OC(C)C)=C(C)N=4)c2c1. The van der Waals surface area contributed by atoms with E-state index in [1.54, 1.807) is 39.6 Å². The van der Waals surface area contributed by atoms with Gasteiger partial charge in [0.25, 0.3) is 5.56 Å². The lowest BCUT2D eigenvalue weighted by Crippen LogP contribution is -2.40. The summed E-state index contributed by atoms with van der Waals surface area (Å²) in [6.07, 6.45) is 1.54. The van der Waals surface area contributed by atoms with Gasteiger partial charge in [0.1, 0.15) is 17.5 Å². The number of methoxy groups -OCH3 is 2. The maximum atomic E-state index is 14.4. The molecule has 0 bridgehead atoms. The molecule has 3 aromatic carbocycles. The average Bonchev–Trinajstić information content (AvgIpc) is 3.52. The fourth-order valence-electron chi connectivity index (χ4n) is 5.51. The van der Waals surface area contributed by atoms with E-state index in [9.17, 15) is 9.59 Å². The molecule has 0 radical (unpaired) electrons. The van der Waals surface area contributed by atoms with E-state index in [4.69, 9.17) is 19.2 Å². The van der Waals surface area contributed by atoms with Crippen LogP contribution in [0.1, 0.15) is 37.9 Å². The molecule has 1 N–H and O–H groups in total. The van der Waals surface area contributed by atoms with Crippen LogP contribution in [0, 0.1) is 0 Å². The van der Waals surface area contributed by atoms with Crippen LogP contribution in [0.25, 0.3) is 28.2 Å². The fourth-order valence-corrected chi connectivity index (χ4v) is 6.91. The minimum atomic E-state index is -0.816. The number of H-pyrrole nitrogens is 1. The molecule has 3 heterocycles. The van der Waals surface area contributed by atoms with Gasteiger partial charge in [-0.2, -0.15) is 0 Å². The van der Waals surface area contributed by atoms with Crippen molar-refractivity contribution in [3.8, 4) is 22.8 Å². The maximum absolute atomic E-state index is 14.4. The van der Waals surface area contributed by atoms with Gasteiger partial charge in [-0.15, -0.1) is 0 Å². The van der Waals surface area contributed by atoms with Gasteiger partial charge in [0.15, 0.2) is 4.80 Å². The quantitative estimate of drug-likeness (QED) is 0.211. The van der Waals surface area contributed by atoms with Crippen molar-refractivity contribution < 1.29 is 19.0 Å². The lowest BCUT2D eigenvalue weighted by Gasteiger charge is -2.26. The van der Waals surface area contributed by atoms with Gasteiger partial charge in [0.2, 0.25) is 0 Å². The van der Waals surface area contributed by atoms with Crippen LogP contribution < -0.4 is 24.4 Å². The number of thiazole rings is 1. The van der Waals surface area contributed by atoms with Crippen molar-refractivity contribution in [3.05, 3.63) is 113 Å². The molecule has 0 aliphatic carbocycles. The molecule has 1 atom stereocenters. The summed E-state index contributed by atoms with van der Waals surface area (Å²) in [5.41, 5.74) is 4.75. The summed E-state index contributed by atoms with van der Waals surface area (Å²) < 4.78 is 19.7. The summed E-state index contributed by atoms with van der Waals surface area (Å²) in [7, 11) is 3.19. The highest BCUT2D eigenvalue weighted by Gasteiger charge is 2.35. The molecular formula is C34H30BrN3O5S. The highest BCUT2D eigenvalue weighted by Crippen LogP contribution is 2.38. The normalized spacial score (nSPS) is 15.0. The number of esters is 1. The van der Waals surface area contributed by atoms with Crippen LogP contribution in [-0.4, -0.2) is 35.8 Å². The van der Waals surface area contributed by atoms with Crippen molar-refractivity contribution >= 4 is 50.2 Å². The molecule has 0 saturated heterocycles. The van der Waals surface area contributed by atoms with E-state index < -0.39 is 12.0 Å². The minimum Gasteiger partial charge on any atom is -0.497 e. The van der Waals surface area contributed by atoms with Gasteiger partial charge in [-0.25, -0.2) is 9.79 Å². The molecule has 5 aromatic rings. The van der Waals surface area contributed by atoms with E-state index in [2.05, 4.69) is 20.9 Å². The molecule has 0 spiro atoms. The van der Waals surface area contributed by atoms with Gasteiger partial charge in [-0.05, 0) is 68.8 Å². The minimum absolute atomic E-state index is 0.278. The molecule has 0 amide bonds. The van der Waals surface area contributed by atoms with E-state index >= 15 is 0 Å². The average molecular weight is 673 g/mol. The first-order valence-corrected chi connectivity index (χ1v) is 15.6. The number of benzene rings is 3. The zero-order chi connectivity index (χ0) is 31.1. The highest BCUT2D eigenvalue weighted by molar-refractivity contribution is 9.10. The van der Waals surface area contributed by atoms with Crippen molar-refractivity contribution in [2.24, 2.45) is 4.99 Å². The van der Waals surface area contributed by atoms with E-state index in [0.29, 0.717) is 32.1 Å². The lowest BCUT2D eigenvalue weighted by atomic mass is 9.95. The van der Waals surface area contributed by atoms with Crippen LogP contribution in [0.15, 0.2) is 92.3 Å². The first kappa shape index (κ1) is 29.7. The Morgan fingerprint density at radius 2 is 1.84 bits per heavy atom. The monoisotopic (exact) mass is 671 g/mol. The first-order chi connectivity index (χ1) is 21.2. The molecule has 0 unspecified atom stereocenters. The summed E-state index contributed by atoms with van der Waals surface area (Å²) in [6.45, 7) is 5.35. The number of fused-ring (bicyclic) bond motifs is 2. The smallest absolute Gasteiger partial charge is 0.338 e. The van der Waals surface area contributed by atoms with Crippen LogP contribution >= 0.6 is 27.3 Å². The number of hydrogen-bond acceptors (Lipinski definition) is 7. The van der Waals surface area contributed by atoms with E-state index in [0.717, 1.165) is 32.2 Å². The van der Waals surface area contributed by atoms with Gasteiger partial charge in [0, 0.05) is 26.5 Å². The second kappa shape index (κ2) is 11.9. The van der Waals surface area contributed by atoms with Crippen molar-refractivity contribution in [1.82, 2.24) is 9.55 Å². The molecular weight excluding hydrogens is 642 g/mol. The molecule has 44 heavy (non-hydrogen) atoms. The van der Waals surface area contributed by atoms with Crippen molar-refractivity contribution in [2.45, 2.75) is 32.9 Å². The summed E-state index contributed by atoms with van der Waals surface area (Å²) in [4.78, 5) is 36.7. The Hall–Kier alpha value is -4.41. The highest BCUT2D eigenvalue weighted by atomic mass is 79.9. The number of aromatic nitrogens is 2. The molecule has 224 valence electrons. The van der Waals surface area contributed by atoms with Gasteiger partial charge < -0.3 is 19.2 Å². The van der Waals surface area contributed by atoms with E-state index in [1.165, 1.54) is 11.3 Å². The standard InChI is InChI=1S/C34H30BrN3O5S/c1-18(2)43-33(40)29-19(3)36-34-38(31(29)25-15-21(35)11-14-27(25)42-5)32(39)28(44-34)17-24-23-16-22(41-4)12-13-26(23)37-30(24)20-9-7-6-8-10-20/h6-18,31,37H,1-5H3/b28-17-/t31-/m0/s1. The number of allylic oxidation sites excluding steroid dienone is 1. The molecule has 8 nitrogen and oxygen atoms in total. The molecule has 2 aromatic heterocycles. The van der Waals surface area contributed by atoms with E-state index in [1.807, 2.05) is 72.8 Å². The second-order valence-electron chi connectivity index (χ2n) is 10.6. The number of ether oxygens (including phenoxy) is 3. The van der Waals surface area contributed by atoms with Crippen LogP contribution in [0.2, 0.25) is 0 Å². The topological polar surface area (TPSA) is 94.9 Å². The molecule has 10 heteroatoms. The Kier molecular flexibility index (Phi) is 8.04. The Morgan fingerprint density at radius 1 is 1.07 bits per heavy atom. The predicted octanol–water partition coefficient (Wildman–Crippen LogP) is 6.11. The van der Waals surface area contributed by atoms with Crippen LogP contribution in [0.3, 0.4) is 0 Å². The first-order valence-electron chi connectivity index (χ1n) is 14.0. The fraction of sp³-hybridized carbons (Fsp3) is 0.206. The van der Waals surface area contributed by atoms with Crippen molar-refractivity contribution in [3.63, 3.8) is 0 Å². The Morgan fingerprint density at radius 3 is 2.55 bits per heavy atom. The summed E-state index contributed by atoms with van der Waals surface area (Å²) in [6, 6.07) is 20.5. The number of halogens is 1. The number of hydrogen-bond donors (Lipinski definition) is 1. The number of rotatable bonds is 7. The summed E-state index contributed by atoms with van der Waals surface area (Å²) in [5.74, 6) is 0.711. The van der Waals surface area contributed by atoms with Crippen LogP contribution in [0.5, 0.6) is 11.5 Å². The Balaban J connectivity index is 1.64. The van der Waals surface area contributed by atoms with Crippen LogP contribution in [0.4, 0.5) is 0 Å². The lowest BCUT2D eigenvalue weighted by molar-refractivity contribution is -0.143. The summed E-state index contributed by atoms with van der Waals surface area (Å²) >= 11 is 4.83. The summed E-state index contributed by atoms with van der Waals surface area (Å²) in [5, 5.41) is 0.914. The number of carbonyl (C=O) groups is 1. The zero-order valence-electron chi connectivity index (χ0n) is 24.8. The predicted molar refractivity (Wildman–Crippen MR) is 176 cm³/mol. The van der Waals surface area contributed by atoms with E-state index in [-0.39, 0.29) is 17.2 Å². The Labute approximate surface area is 266 Å². The zero-order valence-corrected chi connectivity index (χ0v) is 27.2. The molecule has 1 aliphatic rings. The van der Waals surface area contributed by atoms with Gasteiger partial charge in [0.05, 0.1) is 41.8 Å². The number of nitrogens with zero attached hydrogens (tertiary/aromatic N) is 2. The Bertz CT molecular complexity index is 2130. The third-order valence-corrected chi connectivity index (χ3v) is 8.93.